The van der Waals surface area contributed by atoms with Crippen LogP contribution in [0.2, 0.25) is 0 Å². The van der Waals surface area contributed by atoms with Gasteiger partial charge in [-0.05, 0) is 38.5 Å². The van der Waals surface area contributed by atoms with E-state index < -0.39 is 5.60 Å². The van der Waals surface area contributed by atoms with E-state index in [2.05, 4.69) is 14.8 Å². The first-order valence-corrected chi connectivity index (χ1v) is 10.1. The number of aryl methyl sites for hydroxylation is 1. The molecule has 1 aromatic rings. The highest BCUT2D eigenvalue weighted by Gasteiger charge is 2.39. The number of carbonyl (C=O) groups is 1. The van der Waals surface area contributed by atoms with Gasteiger partial charge in [0.1, 0.15) is 5.82 Å². The summed E-state index contributed by atoms with van der Waals surface area (Å²) in [5.41, 5.74) is -0.787. The first-order chi connectivity index (χ1) is 12.2. The molecule has 1 atom stereocenters. The summed E-state index contributed by atoms with van der Waals surface area (Å²) in [6.45, 7) is 1.75. The van der Waals surface area contributed by atoms with Gasteiger partial charge in [-0.15, -0.1) is 10.2 Å². The molecule has 3 heterocycles. The molecule has 1 saturated carbocycles. The third kappa shape index (κ3) is 3.46. The van der Waals surface area contributed by atoms with Crippen molar-refractivity contribution in [3.05, 3.63) is 11.6 Å². The molecule has 0 aromatic carbocycles. The second kappa shape index (κ2) is 7.06. The van der Waals surface area contributed by atoms with Gasteiger partial charge >= 0.3 is 0 Å². The van der Waals surface area contributed by atoms with Crippen LogP contribution in [0.5, 0.6) is 0 Å². The number of rotatable bonds is 3. The van der Waals surface area contributed by atoms with Crippen LogP contribution in [0.15, 0.2) is 0 Å². The zero-order valence-electron chi connectivity index (χ0n) is 15.1. The summed E-state index contributed by atoms with van der Waals surface area (Å²) in [6, 6.07) is 0.0408. The zero-order chi connectivity index (χ0) is 17.3. The Morgan fingerprint density at radius 1 is 1.04 bits per heavy atom. The van der Waals surface area contributed by atoms with Crippen molar-refractivity contribution < 1.29 is 9.90 Å². The molecule has 0 bridgehead atoms. The molecule has 2 aliphatic heterocycles. The maximum Gasteiger partial charge on any atom is 0.226 e. The lowest BCUT2D eigenvalue weighted by Gasteiger charge is -2.34. The van der Waals surface area contributed by atoms with E-state index in [-0.39, 0.29) is 18.4 Å². The molecule has 6 heteroatoms. The Hall–Kier alpha value is -1.43. The van der Waals surface area contributed by atoms with Gasteiger partial charge in [0, 0.05) is 19.5 Å². The average molecular weight is 346 g/mol. The van der Waals surface area contributed by atoms with Crippen molar-refractivity contribution in [2.24, 2.45) is 0 Å². The van der Waals surface area contributed by atoms with E-state index in [0.717, 1.165) is 69.7 Å². The zero-order valence-corrected chi connectivity index (χ0v) is 15.1. The minimum absolute atomic E-state index is 0.0408. The number of amides is 1. The summed E-state index contributed by atoms with van der Waals surface area (Å²) in [4.78, 5) is 14.9. The summed E-state index contributed by atoms with van der Waals surface area (Å²) in [5, 5.41) is 19.7. The maximum absolute atomic E-state index is 13.0. The van der Waals surface area contributed by atoms with Crippen LogP contribution in [-0.2, 0) is 17.8 Å². The van der Waals surface area contributed by atoms with Crippen molar-refractivity contribution in [1.82, 2.24) is 19.7 Å². The lowest BCUT2D eigenvalue weighted by molar-refractivity contribution is -0.139. The summed E-state index contributed by atoms with van der Waals surface area (Å²) >= 11 is 0. The molecule has 25 heavy (non-hydrogen) atoms. The van der Waals surface area contributed by atoms with Crippen LogP contribution in [0.3, 0.4) is 0 Å². The van der Waals surface area contributed by atoms with Crippen LogP contribution in [0.1, 0.15) is 88.3 Å². The van der Waals surface area contributed by atoms with Gasteiger partial charge < -0.3 is 14.6 Å². The fourth-order valence-corrected chi connectivity index (χ4v) is 4.86. The van der Waals surface area contributed by atoms with Crippen LogP contribution >= 0.6 is 0 Å². The molecule has 138 valence electrons. The Kier molecular flexibility index (Phi) is 4.80. The number of aliphatic hydroxyl groups is 1. The molecule has 1 amide bonds. The molecule has 0 radical (unpaired) electrons. The van der Waals surface area contributed by atoms with Gasteiger partial charge in [0.25, 0.3) is 0 Å². The second-order valence-corrected chi connectivity index (χ2v) is 8.14. The fourth-order valence-electron chi connectivity index (χ4n) is 4.86. The molecule has 6 nitrogen and oxygen atoms in total. The van der Waals surface area contributed by atoms with Gasteiger partial charge in [0.15, 0.2) is 5.82 Å². The Morgan fingerprint density at radius 3 is 2.68 bits per heavy atom. The maximum atomic E-state index is 13.0. The number of nitrogens with zero attached hydrogens (tertiary/aromatic N) is 4. The van der Waals surface area contributed by atoms with E-state index in [9.17, 15) is 9.90 Å². The standard InChI is InChI=1S/C19H30N4O2/c24-17(14-19(25)10-4-2-5-11-19)22-13-7-8-15(22)18-21-20-16-9-3-1-6-12-23(16)18/h15,25H,1-14H2. The van der Waals surface area contributed by atoms with E-state index in [1.807, 2.05) is 4.90 Å². The van der Waals surface area contributed by atoms with Crippen LogP contribution in [0.25, 0.3) is 0 Å². The highest BCUT2D eigenvalue weighted by molar-refractivity contribution is 5.78. The predicted octanol–water partition coefficient (Wildman–Crippen LogP) is 2.75. The van der Waals surface area contributed by atoms with Gasteiger partial charge in [-0.2, -0.15) is 0 Å². The molecule has 1 unspecified atom stereocenters. The van der Waals surface area contributed by atoms with Gasteiger partial charge in [0.2, 0.25) is 5.91 Å². The number of hydrogen-bond acceptors (Lipinski definition) is 4. The van der Waals surface area contributed by atoms with Crippen molar-refractivity contribution >= 4 is 5.91 Å². The molecule has 1 aromatic heterocycles. The van der Waals surface area contributed by atoms with Crippen LogP contribution in [0, 0.1) is 0 Å². The minimum atomic E-state index is -0.787. The second-order valence-electron chi connectivity index (χ2n) is 8.14. The third-order valence-corrected chi connectivity index (χ3v) is 6.27. The predicted molar refractivity (Wildman–Crippen MR) is 93.9 cm³/mol. The summed E-state index contributed by atoms with van der Waals surface area (Å²) in [5.74, 6) is 2.15. The smallest absolute Gasteiger partial charge is 0.226 e. The van der Waals surface area contributed by atoms with E-state index >= 15 is 0 Å². The fraction of sp³-hybridized carbons (Fsp3) is 0.842. The number of carbonyl (C=O) groups excluding carboxylic acids is 1. The summed E-state index contributed by atoms with van der Waals surface area (Å²) in [6.07, 6.45) is 11.6. The molecular weight excluding hydrogens is 316 g/mol. The SMILES string of the molecule is O=C(CC1(O)CCCCC1)N1CCCC1c1nnc2n1CCCCC2. The Balaban J connectivity index is 1.51. The third-order valence-electron chi connectivity index (χ3n) is 6.27. The van der Waals surface area contributed by atoms with Crippen molar-refractivity contribution in [3.8, 4) is 0 Å². The van der Waals surface area contributed by atoms with Crippen molar-refractivity contribution in [1.29, 1.82) is 0 Å². The Labute approximate surface area is 149 Å². The van der Waals surface area contributed by atoms with Gasteiger partial charge in [-0.1, -0.05) is 25.7 Å². The van der Waals surface area contributed by atoms with E-state index in [1.54, 1.807) is 0 Å². The molecule has 1 N–H and O–H groups in total. The van der Waals surface area contributed by atoms with E-state index in [4.69, 9.17) is 0 Å². The molecule has 2 fully saturated rings. The molecular formula is C19H30N4O2. The van der Waals surface area contributed by atoms with Gasteiger partial charge in [-0.3, -0.25) is 4.79 Å². The minimum Gasteiger partial charge on any atom is -0.389 e. The number of hydrogen-bond donors (Lipinski definition) is 1. The highest BCUT2D eigenvalue weighted by atomic mass is 16.3. The van der Waals surface area contributed by atoms with E-state index in [0.29, 0.717) is 0 Å². The molecule has 0 spiro atoms. The van der Waals surface area contributed by atoms with Crippen molar-refractivity contribution in [2.45, 2.75) is 95.2 Å². The largest absolute Gasteiger partial charge is 0.389 e. The van der Waals surface area contributed by atoms with Crippen molar-refractivity contribution in [3.63, 3.8) is 0 Å². The number of fused-ring (bicyclic) bond motifs is 1. The normalized spacial score (nSPS) is 26.3. The Bertz CT molecular complexity index is 621. The summed E-state index contributed by atoms with van der Waals surface area (Å²) < 4.78 is 2.26. The van der Waals surface area contributed by atoms with E-state index in [1.165, 1.54) is 25.7 Å². The molecule has 1 aliphatic carbocycles. The molecule has 3 aliphatic rings. The molecule has 1 saturated heterocycles. The molecule has 4 rings (SSSR count). The number of likely N-dealkylation sites (tertiary alicyclic amines) is 1. The first-order valence-electron chi connectivity index (χ1n) is 10.1. The first kappa shape index (κ1) is 17.0. The average Bonchev–Trinajstić information content (AvgIpc) is 3.16. The van der Waals surface area contributed by atoms with Crippen LogP contribution in [0.4, 0.5) is 0 Å². The topological polar surface area (TPSA) is 71.2 Å². The summed E-state index contributed by atoms with van der Waals surface area (Å²) in [7, 11) is 0. The quantitative estimate of drug-likeness (QED) is 0.913. The highest BCUT2D eigenvalue weighted by Crippen LogP contribution is 2.36. The van der Waals surface area contributed by atoms with Crippen LogP contribution in [-0.4, -0.2) is 42.8 Å². The lowest BCUT2D eigenvalue weighted by Crippen LogP contribution is -2.40. The number of aromatic nitrogens is 3. The monoisotopic (exact) mass is 346 g/mol. The van der Waals surface area contributed by atoms with Crippen LogP contribution < -0.4 is 0 Å². The van der Waals surface area contributed by atoms with Gasteiger partial charge in [0.05, 0.1) is 18.1 Å². The Morgan fingerprint density at radius 2 is 1.84 bits per heavy atom. The lowest BCUT2D eigenvalue weighted by atomic mass is 9.82. The van der Waals surface area contributed by atoms with Gasteiger partial charge in [-0.25, -0.2) is 0 Å². The van der Waals surface area contributed by atoms with Crippen molar-refractivity contribution in [2.75, 3.05) is 6.54 Å².